The molecule has 0 amide bonds. The maximum atomic E-state index is 5.35. The van der Waals surface area contributed by atoms with Crippen LogP contribution in [0.25, 0.3) is 0 Å². The second-order valence-corrected chi connectivity index (χ2v) is 5.45. The molecule has 0 aromatic heterocycles. The number of rotatable bonds is 11. The molecule has 0 aliphatic rings. The number of nitrogens with zero attached hydrogens (tertiary/aromatic N) is 2. The van der Waals surface area contributed by atoms with E-state index in [9.17, 15) is 0 Å². The average molecular weight is 300 g/mol. The summed E-state index contributed by atoms with van der Waals surface area (Å²) in [5.74, 6) is 1.57. The fraction of sp³-hybridized carbons (Fsp3) is 0.938. The van der Waals surface area contributed by atoms with Crippen LogP contribution in [0, 0.1) is 5.92 Å². The second-order valence-electron chi connectivity index (χ2n) is 5.45. The van der Waals surface area contributed by atoms with Gasteiger partial charge in [0.15, 0.2) is 5.96 Å². The van der Waals surface area contributed by atoms with E-state index in [1.165, 1.54) is 12.8 Å². The van der Waals surface area contributed by atoms with Crippen molar-refractivity contribution < 1.29 is 4.74 Å². The van der Waals surface area contributed by atoms with Gasteiger partial charge in [0, 0.05) is 25.7 Å². The van der Waals surface area contributed by atoms with Crippen LogP contribution in [0.1, 0.15) is 40.5 Å². The topological polar surface area (TPSA) is 48.9 Å². The quantitative estimate of drug-likeness (QED) is 0.348. The van der Waals surface area contributed by atoms with Crippen molar-refractivity contribution in [2.24, 2.45) is 10.9 Å². The zero-order chi connectivity index (χ0) is 16.1. The van der Waals surface area contributed by atoms with Crippen LogP contribution in [0.4, 0.5) is 0 Å². The van der Waals surface area contributed by atoms with Gasteiger partial charge in [-0.1, -0.05) is 26.7 Å². The van der Waals surface area contributed by atoms with Gasteiger partial charge in [0.1, 0.15) is 0 Å². The molecule has 0 aliphatic heterocycles. The molecule has 0 spiro atoms. The van der Waals surface area contributed by atoms with E-state index in [1.54, 1.807) is 0 Å². The van der Waals surface area contributed by atoms with Gasteiger partial charge in [-0.25, -0.2) is 0 Å². The van der Waals surface area contributed by atoms with Gasteiger partial charge in [0.25, 0.3) is 0 Å². The number of hydrogen-bond acceptors (Lipinski definition) is 3. The maximum absolute atomic E-state index is 5.35. The zero-order valence-corrected chi connectivity index (χ0v) is 14.9. The van der Waals surface area contributed by atoms with Crippen molar-refractivity contribution in [3.05, 3.63) is 0 Å². The lowest BCUT2D eigenvalue weighted by Gasteiger charge is -2.30. The molecule has 5 heteroatoms. The summed E-state index contributed by atoms with van der Waals surface area (Å²) >= 11 is 0. The first-order valence-corrected chi connectivity index (χ1v) is 8.36. The summed E-state index contributed by atoms with van der Waals surface area (Å²) in [6.45, 7) is 12.6. The Balaban J connectivity index is 4.53. The molecule has 21 heavy (non-hydrogen) atoms. The summed E-state index contributed by atoms with van der Waals surface area (Å²) in [5, 5.41) is 6.61. The number of guanidine groups is 1. The predicted molar refractivity (Wildman–Crippen MR) is 92.0 cm³/mol. The molecule has 0 bridgehead atoms. The fourth-order valence-corrected chi connectivity index (χ4v) is 2.48. The molecule has 0 aliphatic carbocycles. The normalized spacial score (nSPS) is 13.8. The van der Waals surface area contributed by atoms with Crippen molar-refractivity contribution in [3.8, 4) is 0 Å². The molecule has 2 N–H and O–H groups in total. The fourth-order valence-electron chi connectivity index (χ4n) is 2.48. The van der Waals surface area contributed by atoms with Gasteiger partial charge >= 0.3 is 0 Å². The highest BCUT2D eigenvalue weighted by Crippen LogP contribution is 2.17. The summed E-state index contributed by atoms with van der Waals surface area (Å²) in [5.41, 5.74) is 0. The first kappa shape index (κ1) is 20.2. The van der Waals surface area contributed by atoms with Gasteiger partial charge in [0.2, 0.25) is 0 Å². The first-order chi connectivity index (χ1) is 10.1. The Bertz CT molecular complexity index is 265. The van der Waals surface area contributed by atoms with E-state index in [0.717, 1.165) is 32.2 Å². The minimum Gasteiger partial charge on any atom is -0.380 e. The van der Waals surface area contributed by atoms with Crippen molar-refractivity contribution in [3.63, 3.8) is 0 Å². The van der Waals surface area contributed by atoms with Crippen molar-refractivity contribution in [1.29, 1.82) is 0 Å². The largest absolute Gasteiger partial charge is 0.380 e. The Labute approximate surface area is 131 Å². The third-order valence-electron chi connectivity index (χ3n) is 3.78. The lowest BCUT2D eigenvalue weighted by molar-refractivity contribution is 0.152. The van der Waals surface area contributed by atoms with E-state index in [2.05, 4.69) is 50.4 Å². The summed E-state index contributed by atoms with van der Waals surface area (Å²) in [6.07, 6.45) is 2.40. The third-order valence-corrected chi connectivity index (χ3v) is 3.78. The van der Waals surface area contributed by atoms with Crippen LogP contribution in [-0.4, -0.2) is 63.8 Å². The molecule has 0 heterocycles. The molecular formula is C16H36N4O. The SMILES string of the molecule is CCNC(=NCC(C(CC)CC)N(C)C)NCCOCC. The Kier molecular flexibility index (Phi) is 12.4. The Morgan fingerprint density at radius 1 is 1.10 bits per heavy atom. The van der Waals surface area contributed by atoms with Crippen LogP contribution < -0.4 is 10.6 Å². The summed E-state index contributed by atoms with van der Waals surface area (Å²) < 4.78 is 5.35. The van der Waals surface area contributed by atoms with E-state index in [-0.39, 0.29) is 0 Å². The molecule has 0 saturated carbocycles. The van der Waals surface area contributed by atoms with E-state index in [1.807, 2.05) is 6.92 Å². The van der Waals surface area contributed by atoms with Gasteiger partial charge < -0.3 is 20.3 Å². The standard InChI is InChI=1S/C16H36N4O/c1-7-14(8-2)15(20(5)6)13-19-16(17-9-3)18-11-12-21-10-4/h14-15H,7-13H2,1-6H3,(H2,17,18,19). The van der Waals surface area contributed by atoms with Crippen LogP contribution in [0.5, 0.6) is 0 Å². The molecule has 0 fully saturated rings. The van der Waals surface area contributed by atoms with Crippen molar-refractivity contribution in [2.75, 3.05) is 46.9 Å². The molecule has 0 aromatic carbocycles. The van der Waals surface area contributed by atoms with Crippen LogP contribution in [0.3, 0.4) is 0 Å². The molecule has 1 unspecified atom stereocenters. The molecule has 5 nitrogen and oxygen atoms in total. The third kappa shape index (κ3) is 8.94. The molecular weight excluding hydrogens is 264 g/mol. The summed E-state index contributed by atoms with van der Waals surface area (Å²) in [7, 11) is 4.29. The number of aliphatic imine (C=N–C) groups is 1. The van der Waals surface area contributed by atoms with Gasteiger partial charge in [-0.05, 0) is 33.9 Å². The van der Waals surface area contributed by atoms with Crippen LogP contribution >= 0.6 is 0 Å². The van der Waals surface area contributed by atoms with E-state index < -0.39 is 0 Å². The molecule has 1 atom stereocenters. The molecule has 126 valence electrons. The van der Waals surface area contributed by atoms with Crippen LogP contribution in [0.2, 0.25) is 0 Å². The summed E-state index contributed by atoms with van der Waals surface area (Å²) in [6, 6.07) is 0.488. The highest BCUT2D eigenvalue weighted by Gasteiger charge is 2.20. The lowest BCUT2D eigenvalue weighted by Crippen LogP contribution is -2.42. The highest BCUT2D eigenvalue weighted by atomic mass is 16.5. The monoisotopic (exact) mass is 300 g/mol. The minimum absolute atomic E-state index is 0.488. The first-order valence-electron chi connectivity index (χ1n) is 8.36. The van der Waals surface area contributed by atoms with Gasteiger partial charge in [0.05, 0.1) is 13.2 Å². The predicted octanol–water partition coefficient (Wildman–Crippen LogP) is 1.94. The molecule has 0 saturated heterocycles. The molecule has 0 rings (SSSR count). The minimum atomic E-state index is 0.488. The Morgan fingerprint density at radius 2 is 1.76 bits per heavy atom. The lowest BCUT2D eigenvalue weighted by atomic mass is 9.93. The number of ether oxygens (including phenoxy) is 1. The number of hydrogen-bond donors (Lipinski definition) is 2. The van der Waals surface area contributed by atoms with E-state index in [0.29, 0.717) is 18.6 Å². The van der Waals surface area contributed by atoms with Gasteiger partial charge in [-0.3, -0.25) is 4.99 Å². The van der Waals surface area contributed by atoms with E-state index in [4.69, 9.17) is 9.73 Å². The van der Waals surface area contributed by atoms with Crippen LogP contribution in [-0.2, 0) is 4.74 Å². The number of nitrogens with one attached hydrogen (secondary N) is 2. The summed E-state index contributed by atoms with van der Waals surface area (Å²) in [4.78, 5) is 7.04. The highest BCUT2D eigenvalue weighted by molar-refractivity contribution is 5.79. The number of likely N-dealkylation sites (N-methyl/N-ethyl adjacent to an activating group) is 1. The van der Waals surface area contributed by atoms with Crippen LogP contribution in [0.15, 0.2) is 4.99 Å². The Morgan fingerprint density at radius 3 is 2.24 bits per heavy atom. The van der Waals surface area contributed by atoms with Crippen molar-refractivity contribution in [1.82, 2.24) is 15.5 Å². The molecule has 0 aromatic rings. The van der Waals surface area contributed by atoms with E-state index >= 15 is 0 Å². The van der Waals surface area contributed by atoms with Gasteiger partial charge in [-0.2, -0.15) is 0 Å². The zero-order valence-electron chi connectivity index (χ0n) is 14.9. The van der Waals surface area contributed by atoms with Crippen molar-refractivity contribution >= 4 is 5.96 Å². The average Bonchev–Trinajstić information content (AvgIpc) is 2.47. The smallest absolute Gasteiger partial charge is 0.191 e. The second kappa shape index (κ2) is 12.9. The van der Waals surface area contributed by atoms with Crippen molar-refractivity contribution in [2.45, 2.75) is 46.6 Å². The van der Waals surface area contributed by atoms with Gasteiger partial charge in [-0.15, -0.1) is 0 Å². The molecule has 0 radical (unpaired) electrons. The Hall–Kier alpha value is -0.810. The maximum Gasteiger partial charge on any atom is 0.191 e.